The van der Waals surface area contributed by atoms with Gasteiger partial charge >= 0.3 is 0 Å². The van der Waals surface area contributed by atoms with Crippen LogP contribution in [0.2, 0.25) is 0 Å². The minimum Gasteiger partial charge on any atom is -0.507 e. The third kappa shape index (κ3) is 3.59. The second kappa shape index (κ2) is 8.58. The number of para-hydroxylation sites is 2. The van der Waals surface area contributed by atoms with E-state index in [0.717, 1.165) is 31.2 Å². The normalized spacial score (nSPS) is 19.4. The van der Waals surface area contributed by atoms with E-state index in [9.17, 15) is 14.7 Å². The number of ether oxygens (including phenoxy) is 1. The van der Waals surface area contributed by atoms with E-state index >= 15 is 0 Å². The third-order valence-electron chi connectivity index (χ3n) is 6.53. The van der Waals surface area contributed by atoms with Crippen molar-refractivity contribution in [2.75, 3.05) is 12.0 Å². The van der Waals surface area contributed by atoms with Gasteiger partial charge in [-0.1, -0.05) is 54.6 Å². The van der Waals surface area contributed by atoms with Gasteiger partial charge < -0.3 is 9.84 Å². The summed E-state index contributed by atoms with van der Waals surface area (Å²) in [5.74, 6) is -1.06. The van der Waals surface area contributed by atoms with Gasteiger partial charge in [-0.25, -0.2) is 0 Å². The Morgan fingerprint density at radius 1 is 0.909 bits per heavy atom. The molecular weight excluding hydrogens is 414 g/mol. The molecule has 1 fully saturated rings. The molecule has 2 aliphatic rings. The Kier molecular flexibility index (Phi) is 5.47. The number of rotatable bonds is 4. The first-order valence-electron chi connectivity index (χ1n) is 11.2. The van der Waals surface area contributed by atoms with Crippen LogP contribution in [0.15, 0.2) is 78.4 Å². The fourth-order valence-electron chi connectivity index (χ4n) is 4.90. The third-order valence-corrected chi connectivity index (χ3v) is 6.53. The standard InChI is InChI=1S/C28H25NO4/c1-33-23-14-8-7-13-22(23)29-25(19-10-3-2-4-11-19)24(27(31)28(29)32)26(30)21-16-15-18-9-5-6-12-20(18)17-21/h2-4,7-8,10-11,13-17,25,30H,5-6,9,12H2,1H3/b26-24-. The van der Waals surface area contributed by atoms with Crippen LogP contribution in [0.1, 0.15) is 41.1 Å². The quantitative estimate of drug-likeness (QED) is 0.345. The zero-order chi connectivity index (χ0) is 22.9. The molecule has 0 bridgehead atoms. The van der Waals surface area contributed by atoms with Gasteiger partial charge in [-0.15, -0.1) is 0 Å². The fraction of sp³-hybridized carbons (Fsp3) is 0.214. The molecule has 0 radical (unpaired) electrons. The highest BCUT2D eigenvalue weighted by Gasteiger charge is 2.47. The van der Waals surface area contributed by atoms with Crippen LogP contribution in [0.5, 0.6) is 5.75 Å². The number of fused-ring (bicyclic) bond motifs is 1. The molecule has 1 heterocycles. The van der Waals surface area contributed by atoms with Gasteiger partial charge in [0.15, 0.2) is 0 Å². The van der Waals surface area contributed by atoms with Crippen LogP contribution in [0.3, 0.4) is 0 Å². The molecular formula is C28H25NO4. The van der Waals surface area contributed by atoms with Crippen molar-refractivity contribution >= 4 is 23.1 Å². The Balaban J connectivity index is 1.70. The van der Waals surface area contributed by atoms with Crippen molar-refractivity contribution in [2.45, 2.75) is 31.7 Å². The number of nitrogens with zero attached hydrogens (tertiary/aromatic N) is 1. The van der Waals surface area contributed by atoms with Crippen LogP contribution < -0.4 is 9.64 Å². The van der Waals surface area contributed by atoms with Gasteiger partial charge in [0.2, 0.25) is 0 Å². The SMILES string of the molecule is COc1ccccc1N1C(=O)C(=O)/C(=C(\O)c2ccc3c(c2)CCCC3)C1c1ccccc1. The van der Waals surface area contributed by atoms with Crippen molar-refractivity contribution in [3.63, 3.8) is 0 Å². The molecule has 3 aromatic rings. The molecule has 3 aromatic carbocycles. The molecule has 5 nitrogen and oxygen atoms in total. The number of hydrogen-bond donors (Lipinski definition) is 1. The number of hydrogen-bond acceptors (Lipinski definition) is 4. The summed E-state index contributed by atoms with van der Waals surface area (Å²) in [6.07, 6.45) is 4.25. The molecule has 1 saturated heterocycles. The maximum Gasteiger partial charge on any atom is 0.300 e. The predicted molar refractivity (Wildman–Crippen MR) is 127 cm³/mol. The Labute approximate surface area is 192 Å². The van der Waals surface area contributed by atoms with Crippen LogP contribution in [-0.4, -0.2) is 23.9 Å². The molecule has 1 unspecified atom stereocenters. The lowest BCUT2D eigenvalue weighted by molar-refractivity contribution is -0.132. The smallest absolute Gasteiger partial charge is 0.300 e. The van der Waals surface area contributed by atoms with Crippen molar-refractivity contribution in [3.05, 3.63) is 101 Å². The van der Waals surface area contributed by atoms with Crippen molar-refractivity contribution in [2.24, 2.45) is 0 Å². The molecule has 1 amide bonds. The van der Waals surface area contributed by atoms with E-state index in [4.69, 9.17) is 4.74 Å². The van der Waals surface area contributed by atoms with Crippen LogP contribution in [0.25, 0.3) is 5.76 Å². The number of ketones is 1. The number of aliphatic hydroxyl groups excluding tert-OH is 1. The molecule has 5 rings (SSSR count). The van der Waals surface area contributed by atoms with Crippen molar-refractivity contribution < 1.29 is 19.4 Å². The average Bonchev–Trinajstić information content (AvgIpc) is 3.13. The summed E-state index contributed by atoms with van der Waals surface area (Å²) < 4.78 is 5.48. The van der Waals surface area contributed by atoms with Gasteiger partial charge in [0.1, 0.15) is 11.5 Å². The molecule has 0 aromatic heterocycles. The zero-order valence-corrected chi connectivity index (χ0v) is 18.5. The number of Topliss-reactive ketones (excluding diaryl/α,β-unsaturated/α-hetero) is 1. The summed E-state index contributed by atoms with van der Waals surface area (Å²) in [4.78, 5) is 28.1. The predicted octanol–water partition coefficient (Wildman–Crippen LogP) is 5.20. The van der Waals surface area contributed by atoms with E-state index < -0.39 is 17.7 Å². The van der Waals surface area contributed by atoms with Crippen molar-refractivity contribution in [1.82, 2.24) is 0 Å². The van der Waals surface area contributed by atoms with Crippen LogP contribution in [-0.2, 0) is 22.4 Å². The first-order valence-corrected chi connectivity index (χ1v) is 11.2. The number of aliphatic hydroxyl groups is 1. The number of carbonyl (C=O) groups is 2. The number of benzene rings is 3. The lowest BCUT2D eigenvalue weighted by Crippen LogP contribution is -2.29. The molecule has 166 valence electrons. The average molecular weight is 440 g/mol. The second-order valence-corrected chi connectivity index (χ2v) is 8.44. The van der Waals surface area contributed by atoms with Crippen molar-refractivity contribution in [1.29, 1.82) is 0 Å². The number of anilines is 1. The van der Waals surface area contributed by atoms with Gasteiger partial charge in [0.05, 0.1) is 24.4 Å². The van der Waals surface area contributed by atoms with E-state index in [1.807, 2.05) is 54.6 Å². The van der Waals surface area contributed by atoms with Gasteiger partial charge in [-0.2, -0.15) is 0 Å². The first kappa shape index (κ1) is 21.0. The molecule has 33 heavy (non-hydrogen) atoms. The van der Waals surface area contributed by atoms with E-state index in [0.29, 0.717) is 17.0 Å². The number of carbonyl (C=O) groups excluding carboxylic acids is 2. The van der Waals surface area contributed by atoms with Gasteiger partial charge in [-0.05, 0) is 60.6 Å². The maximum absolute atomic E-state index is 13.3. The van der Waals surface area contributed by atoms with Crippen molar-refractivity contribution in [3.8, 4) is 5.75 Å². The Hall–Kier alpha value is -3.86. The van der Waals surface area contributed by atoms with Gasteiger partial charge in [-0.3, -0.25) is 14.5 Å². The highest BCUT2D eigenvalue weighted by Crippen LogP contribution is 2.45. The minimum absolute atomic E-state index is 0.0906. The maximum atomic E-state index is 13.3. The highest BCUT2D eigenvalue weighted by atomic mass is 16.5. The minimum atomic E-state index is -0.765. The summed E-state index contributed by atoms with van der Waals surface area (Å²) in [6, 6.07) is 21.5. The second-order valence-electron chi connectivity index (χ2n) is 8.44. The van der Waals surface area contributed by atoms with Crippen LogP contribution in [0, 0.1) is 0 Å². The van der Waals surface area contributed by atoms with E-state index in [2.05, 4.69) is 0 Å². The molecule has 1 aliphatic heterocycles. The summed E-state index contributed by atoms with van der Waals surface area (Å²) in [6.45, 7) is 0. The molecule has 1 aliphatic carbocycles. The molecule has 0 saturated carbocycles. The number of aryl methyl sites for hydroxylation is 2. The van der Waals surface area contributed by atoms with Gasteiger partial charge in [0.25, 0.3) is 11.7 Å². The Bertz CT molecular complexity index is 1260. The number of methoxy groups -OCH3 is 1. The molecule has 1 N–H and O–H groups in total. The highest BCUT2D eigenvalue weighted by molar-refractivity contribution is 6.51. The Morgan fingerprint density at radius 2 is 1.61 bits per heavy atom. The van der Waals surface area contributed by atoms with E-state index in [-0.39, 0.29) is 11.3 Å². The fourth-order valence-corrected chi connectivity index (χ4v) is 4.90. The van der Waals surface area contributed by atoms with E-state index in [1.54, 1.807) is 18.2 Å². The molecule has 1 atom stereocenters. The largest absolute Gasteiger partial charge is 0.507 e. The number of amides is 1. The molecule has 0 spiro atoms. The lowest BCUT2D eigenvalue weighted by Gasteiger charge is -2.26. The summed E-state index contributed by atoms with van der Waals surface area (Å²) in [7, 11) is 1.53. The van der Waals surface area contributed by atoms with Crippen LogP contribution >= 0.6 is 0 Å². The first-order chi connectivity index (χ1) is 16.1. The summed E-state index contributed by atoms with van der Waals surface area (Å²) in [5, 5.41) is 11.4. The monoisotopic (exact) mass is 439 g/mol. The molecule has 5 heteroatoms. The Morgan fingerprint density at radius 3 is 2.36 bits per heavy atom. The van der Waals surface area contributed by atoms with Gasteiger partial charge in [0, 0.05) is 5.56 Å². The topological polar surface area (TPSA) is 66.8 Å². The lowest BCUT2D eigenvalue weighted by atomic mass is 9.88. The summed E-state index contributed by atoms with van der Waals surface area (Å²) in [5.41, 5.74) is 4.36. The van der Waals surface area contributed by atoms with E-state index in [1.165, 1.54) is 23.1 Å². The summed E-state index contributed by atoms with van der Waals surface area (Å²) >= 11 is 0. The zero-order valence-electron chi connectivity index (χ0n) is 18.5. The van der Waals surface area contributed by atoms with Crippen LogP contribution in [0.4, 0.5) is 5.69 Å².